The zero-order chi connectivity index (χ0) is 12.1. The molecular weight excluding hydrogens is 200 g/mol. The molecule has 0 atom stereocenters. The summed E-state index contributed by atoms with van der Waals surface area (Å²) in [5.74, 6) is 0.983. The van der Waals surface area contributed by atoms with E-state index < -0.39 is 0 Å². The van der Waals surface area contributed by atoms with Crippen LogP contribution in [0.4, 0.5) is 0 Å². The molecule has 1 N–H and O–H groups in total. The van der Waals surface area contributed by atoms with Gasteiger partial charge in [0.05, 0.1) is 5.69 Å². The summed E-state index contributed by atoms with van der Waals surface area (Å²) in [5, 5.41) is 14.6. The van der Waals surface area contributed by atoms with Crippen molar-refractivity contribution in [1.29, 1.82) is 0 Å². The number of hydrogen-bond donors (Lipinski definition) is 1. The molecule has 0 aliphatic carbocycles. The lowest BCUT2D eigenvalue weighted by atomic mass is 10.1. The minimum atomic E-state index is 0.434. The van der Waals surface area contributed by atoms with E-state index in [9.17, 15) is 5.11 Å². The Bertz CT molecular complexity index is 329. The molecule has 0 radical (unpaired) electrons. The van der Waals surface area contributed by atoms with Crippen LogP contribution < -0.4 is 0 Å². The standard InChI is InChI=1S/C13H24N2O/c1-5-7-11-13(16)12(9-10(3)4)15(14-11)8-6-2/h10,16H,5-9H2,1-4H3. The summed E-state index contributed by atoms with van der Waals surface area (Å²) in [6.07, 6.45) is 3.85. The summed E-state index contributed by atoms with van der Waals surface area (Å²) in [7, 11) is 0. The lowest BCUT2D eigenvalue weighted by Gasteiger charge is -2.08. The van der Waals surface area contributed by atoms with Gasteiger partial charge in [0.2, 0.25) is 0 Å². The Morgan fingerprint density at radius 3 is 2.44 bits per heavy atom. The van der Waals surface area contributed by atoms with Crippen LogP contribution in [0, 0.1) is 5.92 Å². The molecule has 1 rings (SSSR count). The van der Waals surface area contributed by atoms with Gasteiger partial charge in [0, 0.05) is 6.54 Å². The van der Waals surface area contributed by atoms with Gasteiger partial charge in [-0.1, -0.05) is 34.1 Å². The van der Waals surface area contributed by atoms with Crippen LogP contribution in [0.15, 0.2) is 0 Å². The smallest absolute Gasteiger partial charge is 0.160 e. The van der Waals surface area contributed by atoms with Gasteiger partial charge in [0.25, 0.3) is 0 Å². The van der Waals surface area contributed by atoms with E-state index >= 15 is 0 Å². The topological polar surface area (TPSA) is 38.0 Å². The van der Waals surface area contributed by atoms with Crippen molar-refractivity contribution >= 4 is 0 Å². The first kappa shape index (κ1) is 13.1. The second kappa shape index (κ2) is 5.92. The molecular formula is C13H24N2O. The molecule has 0 bridgehead atoms. The van der Waals surface area contributed by atoms with Crippen molar-refractivity contribution in [3.05, 3.63) is 11.4 Å². The second-order valence-corrected chi connectivity index (χ2v) is 4.81. The van der Waals surface area contributed by atoms with Gasteiger partial charge in [-0.3, -0.25) is 4.68 Å². The van der Waals surface area contributed by atoms with E-state index in [1.807, 2.05) is 4.68 Å². The molecule has 1 aromatic heterocycles. The lowest BCUT2D eigenvalue weighted by Crippen LogP contribution is -2.07. The van der Waals surface area contributed by atoms with E-state index in [2.05, 4.69) is 32.8 Å². The van der Waals surface area contributed by atoms with E-state index in [0.29, 0.717) is 11.7 Å². The number of nitrogens with zero attached hydrogens (tertiary/aromatic N) is 2. The fraction of sp³-hybridized carbons (Fsp3) is 0.769. The van der Waals surface area contributed by atoms with E-state index in [1.165, 1.54) is 0 Å². The highest BCUT2D eigenvalue weighted by Gasteiger charge is 2.16. The third-order valence-electron chi connectivity index (χ3n) is 2.62. The van der Waals surface area contributed by atoms with Crippen LogP contribution in [-0.2, 0) is 19.4 Å². The molecule has 3 nitrogen and oxygen atoms in total. The molecule has 0 unspecified atom stereocenters. The van der Waals surface area contributed by atoms with E-state index in [-0.39, 0.29) is 0 Å². The molecule has 1 aromatic rings. The quantitative estimate of drug-likeness (QED) is 0.806. The molecule has 92 valence electrons. The summed E-state index contributed by atoms with van der Waals surface area (Å²) < 4.78 is 1.99. The van der Waals surface area contributed by atoms with Crippen LogP contribution in [0.25, 0.3) is 0 Å². The highest BCUT2D eigenvalue weighted by molar-refractivity contribution is 5.32. The zero-order valence-electron chi connectivity index (χ0n) is 11.0. The van der Waals surface area contributed by atoms with Crippen LogP contribution in [-0.4, -0.2) is 14.9 Å². The maximum Gasteiger partial charge on any atom is 0.160 e. The van der Waals surface area contributed by atoms with Gasteiger partial charge in [-0.25, -0.2) is 0 Å². The highest BCUT2D eigenvalue weighted by Crippen LogP contribution is 2.26. The maximum absolute atomic E-state index is 10.1. The molecule has 0 fully saturated rings. The van der Waals surface area contributed by atoms with Gasteiger partial charge in [0.15, 0.2) is 5.75 Å². The zero-order valence-corrected chi connectivity index (χ0v) is 11.0. The van der Waals surface area contributed by atoms with Crippen LogP contribution in [0.2, 0.25) is 0 Å². The Morgan fingerprint density at radius 1 is 1.25 bits per heavy atom. The third kappa shape index (κ3) is 3.00. The normalized spacial score (nSPS) is 11.3. The predicted octanol–water partition coefficient (Wildman–Crippen LogP) is 3.15. The Hall–Kier alpha value is -0.990. The van der Waals surface area contributed by atoms with Gasteiger partial charge < -0.3 is 5.11 Å². The minimum Gasteiger partial charge on any atom is -0.504 e. The van der Waals surface area contributed by atoms with Crippen LogP contribution in [0.3, 0.4) is 0 Å². The van der Waals surface area contributed by atoms with Gasteiger partial charge >= 0.3 is 0 Å². The average Bonchev–Trinajstić information content (AvgIpc) is 2.47. The van der Waals surface area contributed by atoms with Crippen LogP contribution >= 0.6 is 0 Å². The summed E-state index contributed by atoms with van der Waals surface area (Å²) in [5.41, 5.74) is 1.88. The Labute approximate surface area is 98.5 Å². The Kier molecular flexibility index (Phi) is 4.84. The molecule has 0 aliphatic rings. The number of aromatic hydroxyl groups is 1. The number of hydrogen-bond acceptors (Lipinski definition) is 2. The molecule has 0 saturated heterocycles. The number of aryl methyl sites for hydroxylation is 2. The van der Waals surface area contributed by atoms with Crippen molar-refractivity contribution in [3.63, 3.8) is 0 Å². The Morgan fingerprint density at radius 2 is 1.94 bits per heavy atom. The van der Waals surface area contributed by atoms with Crippen molar-refractivity contribution < 1.29 is 5.11 Å². The van der Waals surface area contributed by atoms with Gasteiger partial charge in [-0.15, -0.1) is 0 Å². The molecule has 0 aliphatic heterocycles. The molecule has 0 spiro atoms. The summed E-state index contributed by atoms with van der Waals surface area (Å²) in [4.78, 5) is 0. The third-order valence-corrected chi connectivity index (χ3v) is 2.62. The summed E-state index contributed by atoms with van der Waals surface area (Å²) in [6, 6.07) is 0. The highest BCUT2D eigenvalue weighted by atomic mass is 16.3. The van der Waals surface area contributed by atoms with Crippen molar-refractivity contribution in [1.82, 2.24) is 9.78 Å². The van der Waals surface area contributed by atoms with Gasteiger partial charge in [-0.2, -0.15) is 5.10 Å². The van der Waals surface area contributed by atoms with Crippen molar-refractivity contribution in [3.8, 4) is 5.75 Å². The molecule has 3 heteroatoms. The van der Waals surface area contributed by atoms with Crippen molar-refractivity contribution in [2.24, 2.45) is 5.92 Å². The first-order chi connectivity index (χ1) is 7.60. The monoisotopic (exact) mass is 224 g/mol. The van der Waals surface area contributed by atoms with E-state index in [1.54, 1.807) is 0 Å². The second-order valence-electron chi connectivity index (χ2n) is 4.81. The van der Waals surface area contributed by atoms with Crippen molar-refractivity contribution in [2.75, 3.05) is 0 Å². The lowest BCUT2D eigenvalue weighted by molar-refractivity contribution is 0.448. The molecule has 1 heterocycles. The van der Waals surface area contributed by atoms with Crippen LogP contribution in [0.5, 0.6) is 5.75 Å². The van der Waals surface area contributed by atoms with E-state index in [4.69, 9.17) is 0 Å². The fourth-order valence-corrected chi connectivity index (χ4v) is 1.93. The molecule has 16 heavy (non-hydrogen) atoms. The van der Waals surface area contributed by atoms with Crippen LogP contribution in [0.1, 0.15) is 51.9 Å². The van der Waals surface area contributed by atoms with Crippen molar-refractivity contribution in [2.45, 2.75) is 59.9 Å². The summed E-state index contributed by atoms with van der Waals surface area (Å²) >= 11 is 0. The minimum absolute atomic E-state index is 0.434. The summed E-state index contributed by atoms with van der Waals surface area (Å²) in [6.45, 7) is 9.49. The average molecular weight is 224 g/mol. The molecule has 0 aromatic carbocycles. The number of aromatic nitrogens is 2. The SMILES string of the molecule is CCCc1nn(CCC)c(CC(C)C)c1O. The first-order valence-corrected chi connectivity index (χ1v) is 6.37. The number of rotatable bonds is 6. The van der Waals surface area contributed by atoms with E-state index in [0.717, 1.165) is 43.6 Å². The maximum atomic E-state index is 10.1. The fourth-order valence-electron chi connectivity index (χ4n) is 1.93. The molecule has 0 amide bonds. The largest absolute Gasteiger partial charge is 0.504 e. The predicted molar refractivity (Wildman–Crippen MR) is 66.7 cm³/mol. The van der Waals surface area contributed by atoms with Gasteiger partial charge in [0.1, 0.15) is 5.69 Å². The molecule has 0 saturated carbocycles. The van der Waals surface area contributed by atoms with Gasteiger partial charge in [-0.05, 0) is 25.2 Å². The first-order valence-electron chi connectivity index (χ1n) is 6.37. The Balaban J connectivity index is 2.99.